The molecule has 4 heterocycles. The van der Waals surface area contributed by atoms with Crippen LogP contribution < -0.4 is 33.1 Å². The number of carboxylic acid groups (broad SMARTS) is 1. The second-order valence-electron chi connectivity index (χ2n) is 9.75. The normalized spacial score (nSPS) is 27.9. The number of hydrogen-bond acceptors (Lipinski definition) is 12. The number of carbonyl (C=O) groups is 3. The molecule has 19 heteroatoms. The summed E-state index contributed by atoms with van der Waals surface area (Å²) < 4.78 is 12.8. The van der Waals surface area contributed by atoms with Gasteiger partial charge in [-0.05, 0) is 6.92 Å². The van der Waals surface area contributed by atoms with Gasteiger partial charge in [-0.1, -0.05) is 0 Å². The van der Waals surface area contributed by atoms with E-state index in [0.29, 0.717) is 0 Å². The summed E-state index contributed by atoms with van der Waals surface area (Å²) in [6.07, 6.45) is -8.05. The van der Waals surface area contributed by atoms with Crippen LogP contribution in [-0.2, 0) is 23.9 Å². The van der Waals surface area contributed by atoms with Crippen LogP contribution in [0.1, 0.15) is 30.9 Å². The number of aliphatic hydroxyl groups excluding tert-OH is 3. The predicted molar refractivity (Wildman–Crippen MR) is 135 cm³/mol. The van der Waals surface area contributed by atoms with Gasteiger partial charge in [0.15, 0.2) is 12.3 Å². The molecular formula is C23H28N6O13. The van der Waals surface area contributed by atoms with Gasteiger partial charge in [-0.2, -0.15) is 0 Å². The minimum absolute atomic E-state index is 0.0810. The van der Waals surface area contributed by atoms with Gasteiger partial charge in [-0.3, -0.25) is 43.1 Å². The summed E-state index contributed by atoms with van der Waals surface area (Å²) in [6, 6.07) is -1.77. The highest BCUT2D eigenvalue weighted by molar-refractivity contribution is 5.92. The number of aromatic nitrogens is 4. The number of hydrogen-bond donors (Lipinski definition) is 8. The molecule has 2 aliphatic rings. The smallest absolute Gasteiger partial charge is 0.330 e. The van der Waals surface area contributed by atoms with E-state index in [4.69, 9.17) is 9.47 Å². The number of rotatable bonds is 9. The van der Waals surface area contributed by atoms with Crippen molar-refractivity contribution in [2.24, 2.45) is 0 Å². The highest BCUT2D eigenvalue weighted by atomic mass is 16.6. The molecule has 2 amide bonds. The maximum Gasteiger partial charge on any atom is 0.330 e. The van der Waals surface area contributed by atoms with Crippen molar-refractivity contribution in [3.05, 3.63) is 65.7 Å². The molecule has 228 valence electrons. The van der Waals surface area contributed by atoms with Gasteiger partial charge in [-0.25, -0.2) is 9.59 Å². The number of aromatic amines is 2. The van der Waals surface area contributed by atoms with Crippen molar-refractivity contribution in [2.45, 2.75) is 68.7 Å². The zero-order chi connectivity index (χ0) is 30.9. The average Bonchev–Trinajstić information content (AvgIpc) is 3.45. The Kier molecular flexibility index (Phi) is 8.87. The van der Waals surface area contributed by atoms with E-state index >= 15 is 0 Å². The summed E-state index contributed by atoms with van der Waals surface area (Å²) >= 11 is 0. The molecule has 2 aromatic heterocycles. The SMILES string of the molecule is Cc1cn([C@H]2C[C@H](NC(=O)[C@@H](CC(=O)O)NC(=O)[C@H]3O[C@@H](n4ccc(=O)[nH]c4=O)[C@H](O)[C@@H]3O)[C@@H](CO)O2)c(=O)[nH]c1=O. The van der Waals surface area contributed by atoms with Crippen LogP contribution in [0.3, 0.4) is 0 Å². The Hall–Kier alpha value is -4.43. The lowest BCUT2D eigenvalue weighted by Gasteiger charge is -2.23. The third-order valence-electron chi connectivity index (χ3n) is 6.83. The van der Waals surface area contributed by atoms with Gasteiger partial charge < -0.3 is 40.5 Å². The zero-order valence-electron chi connectivity index (χ0n) is 21.8. The lowest BCUT2D eigenvalue weighted by Crippen LogP contribution is -2.55. The summed E-state index contributed by atoms with van der Waals surface area (Å²) in [5, 5.41) is 44.5. The molecule has 0 spiro atoms. The summed E-state index contributed by atoms with van der Waals surface area (Å²) in [4.78, 5) is 88.9. The fraction of sp³-hybridized carbons (Fsp3) is 0.522. The Morgan fingerprint density at radius 1 is 1.07 bits per heavy atom. The van der Waals surface area contributed by atoms with Gasteiger partial charge in [0.05, 0.1) is 19.1 Å². The number of aliphatic hydroxyl groups is 3. The number of nitrogens with one attached hydrogen (secondary N) is 4. The van der Waals surface area contributed by atoms with E-state index in [-0.39, 0.29) is 12.0 Å². The van der Waals surface area contributed by atoms with E-state index in [1.54, 1.807) is 0 Å². The third-order valence-corrected chi connectivity index (χ3v) is 6.83. The van der Waals surface area contributed by atoms with Crippen LogP contribution in [0.4, 0.5) is 0 Å². The van der Waals surface area contributed by atoms with Crippen LogP contribution in [0, 0.1) is 6.92 Å². The first kappa shape index (κ1) is 30.5. The van der Waals surface area contributed by atoms with E-state index in [1.807, 2.05) is 4.98 Å². The minimum Gasteiger partial charge on any atom is -0.481 e. The molecule has 2 aromatic rings. The van der Waals surface area contributed by atoms with Gasteiger partial charge in [0.1, 0.15) is 30.6 Å². The number of carbonyl (C=O) groups excluding carboxylic acids is 2. The zero-order valence-corrected chi connectivity index (χ0v) is 21.8. The van der Waals surface area contributed by atoms with Gasteiger partial charge in [0.2, 0.25) is 5.91 Å². The van der Waals surface area contributed by atoms with Crippen molar-refractivity contribution in [1.29, 1.82) is 0 Å². The van der Waals surface area contributed by atoms with Crippen LogP contribution in [-0.4, -0.2) is 100 Å². The molecule has 0 radical (unpaired) electrons. The molecule has 2 aliphatic heterocycles. The molecule has 19 nitrogen and oxygen atoms in total. The average molecular weight is 597 g/mol. The first-order chi connectivity index (χ1) is 19.8. The fourth-order valence-corrected chi connectivity index (χ4v) is 4.68. The molecule has 0 saturated carbocycles. The Balaban J connectivity index is 1.48. The summed E-state index contributed by atoms with van der Waals surface area (Å²) in [7, 11) is 0. The van der Waals surface area contributed by atoms with Crippen LogP contribution in [0.5, 0.6) is 0 Å². The molecule has 0 bridgehead atoms. The highest BCUT2D eigenvalue weighted by Crippen LogP contribution is 2.29. The second kappa shape index (κ2) is 12.2. The molecule has 2 saturated heterocycles. The van der Waals surface area contributed by atoms with E-state index < -0.39 is 102 Å². The van der Waals surface area contributed by atoms with Crippen LogP contribution in [0.2, 0.25) is 0 Å². The predicted octanol–water partition coefficient (Wildman–Crippen LogP) is -5.26. The van der Waals surface area contributed by atoms with E-state index in [9.17, 15) is 54.0 Å². The van der Waals surface area contributed by atoms with Crippen molar-refractivity contribution in [1.82, 2.24) is 29.7 Å². The Morgan fingerprint density at radius 3 is 2.40 bits per heavy atom. The molecular weight excluding hydrogens is 568 g/mol. The second-order valence-corrected chi connectivity index (χ2v) is 9.75. The third kappa shape index (κ3) is 6.24. The highest BCUT2D eigenvalue weighted by Gasteiger charge is 2.48. The largest absolute Gasteiger partial charge is 0.481 e. The van der Waals surface area contributed by atoms with Gasteiger partial charge in [0, 0.05) is 30.4 Å². The summed E-state index contributed by atoms with van der Waals surface area (Å²) in [5.74, 6) is -3.71. The van der Waals surface area contributed by atoms with Crippen molar-refractivity contribution in [3.63, 3.8) is 0 Å². The number of aliphatic carboxylic acids is 1. The molecule has 0 unspecified atom stereocenters. The lowest BCUT2D eigenvalue weighted by molar-refractivity contribution is -0.144. The van der Waals surface area contributed by atoms with Crippen molar-refractivity contribution in [3.8, 4) is 0 Å². The van der Waals surface area contributed by atoms with Gasteiger partial charge in [0.25, 0.3) is 17.0 Å². The Bertz CT molecular complexity index is 1590. The number of carboxylic acids is 1. The topological polar surface area (TPSA) is 284 Å². The Labute approximate surface area is 233 Å². The lowest BCUT2D eigenvalue weighted by atomic mass is 10.1. The molecule has 42 heavy (non-hydrogen) atoms. The van der Waals surface area contributed by atoms with E-state index in [2.05, 4.69) is 15.6 Å². The van der Waals surface area contributed by atoms with Crippen LogP contribution in [0.25, 0.3) is 0 Å². The standard InChI is InChI=1S/C23H28N6O13/c1-8-6-29(23(40)27-18(8)36)13-4-9(11(7-30)41-13)24-19(37)10(5-14(32)33)25-20(38)17-15(34)16(35)21(42-17)28-3-2-12(31)26-22(28)39/h2-3,6,9-11,13,15-17,21,30,34-35H,4-5,7H2,1H3,(H,24,37)(H,25,38)(H,32,33)(H,26,31,39)(H,27,36,40)/t9-,10+,11+,13+,15-,16+,17-,21+/m0/s1. The minimum atomic E-state index is -1.91. The maximum absolute atomic E-state index is 13.1. The molecule has 4 rings (SSSR count). The van der Waals surface area contributed by atoms with E-state index in [1.165, 1.54) is 13.1 Å². The van der Waals surface area contributed by atoms with Gasteiger partial charge in [-0.15, -0.1) is 0 Å². The molecule has 8 N–H and O–H groups in total. The number of aryl methyl sites for hydroxylation is 1. The fourth-order valence-electron chi connectivity index (χ4n) is 4.68. The molecule has 2 fully saturated rings. The first-order valence-corrected chi connectivity index (χ1v) is 12.5. The molecule has 0 aliphatic carbocycles. The monoisotopic (exact) mass is 596 g/mol. The summed E-state index contributed by atoms with van der Waals surface area (Å²) in [5.41, 5.74) is -2.95. The van der Waals surface area contributed by atoms with Crippen molar-refractivity contribution >= 4 is 17.8 Å². The quantitative estimate of drug-likeness (QED) is 0.134. The van der Waals surface area contributed by atoms with Crippen molar-refractivity contribution in [2.75, 3.05) is 6.61 Å². The number of nitrogens with zero attached hydrogens (tertiary/aromatic N) is 2. The molecule has 8 atom stereocenters. The Morgan fingerprint density at radius 2 is 1.76 bits per heavy atom. The number of amides is 2. The summed E-state index contributed by atoms with van der Waals surface area (Å²) in [6.45, 7) is 0.844. The number of H-pyrrole nitrogens is 2. The number of ether oxygens (including phenoxy) is 2. The van der Waals surface area contributed by atoms with E-state index in [0.717, 1.165) is 21.4 Å². The first-order valence-electron chi connectivity index (χ1n) is 12.5. The van der Waals surface area contributed by atoms with Crippen LogP contribution >= 0.6 is 0 Å². The maximum atomic E-state index is 13.1. The van der Waals surface area contributed by atoms with Crippen molar-refractivity contribution < 1.29 is 44.3 Å². The van der Waals surface area contributed by atoms with Crippen LogP contribution in [0.15, 0.2) is 37.6 Å². The van der Waals surface area contributed by atoms with Gasteiger partial charge >= 0.3 is 17.3 Å². The molecule has 0 aromatic carbocycles.